The first kappa shape index (κ1) is 13.7. The van der Waals surface area contributed by atoms with E-state index in [0.717, 1.165) is 10.2 Å². The zero-order valence-electron chi connectivity index (χ0n) is 10.4. The average Bonchev–Trinajstić information content (AvgIpc) is 2.41. The summed E-state index contributed by atoms with van der Waals surface area (Å²) in [5.74, 6) is 0.359. The Hall–Kier alpha value is -1.75. The number of nitrogens with one attached hydrogen (secondary N) is 1. The number of halogens is 2. The van der Waals surface area contributed by atoms with E-state index in [9.17, 15) is 4.39 Å². The number of methoxy groups -OCH3 is 1. The highest BCUT2D eigenvalue weighted by molar-refractivity contribution is 9.10. The molecule has 0 aliphatic rings. The minimum absolute atomic E-state index is 0.238. The molecule has 5 heteroatoms. The number of hydrogen-bond acceptors (Lipinski definition) is 3. The van der Waals surface area contributed by atoms with Crippen LogP contribution in [0.25, 0.3) is 0 Å². The van der Waals surface area contributed by atoms with Crippen molar-refractivity contribution in [3.63, 3.8) is 0 Å². The molecule has 0 amide bonds. The minimum atomic E-state index is -0.238. The van der Waals surface area contributed by atoms with Crippen molar-refractivity contribution in [1.82, 2.24) is 0 Å². The molecular weight excluding hydrogens is 311 g/mol. The summed E-state index contributed by atoms with van der Waals surface area (Å²) < 4.78 is 19.6. The number of nitrogens with two attached hydrogens (primary N) is 1. The van der Waals surface area contributed by atoms with E-state index in [2.05, 4.69) is 21.2 Å². The highest BCUT2D eigenvalue weighted by atomic mass is 79.9. The van der Waals surface area contributed by atoms with E-state index >= 15 is 0 Å². The van der Waals surface area contributed by atoms with E-state index < -0.39 is 0 Å². The third kappa shape index (κ3) is 3.38. The smallest absolute Gasteiger partial charge is 0.143 e. The standard InChI is InChI=1S/C14H14BrFN2O/c1-19-14-7-11(3-5-13(14)17)18-8-9-6-10(15)2-4-12(9)16/h2-7,18H,8,17H2,1H3. The Morgan fingerprint density at radius 2 is 2.05 bits per heavy atom. The topological polar surface area (TPSA) is 47.3 Å². The quantitative estimate of drug-likeness (QED) is 0.841. The Labute approximate surface area is 119 Å². The summed E-state index contributed by atoms with van der Waals surface area (Å²) in [6.45, 7) is 0.387. The number of hydrogen-bond donors (Lipinski definition) is 2. The summed E-state index contributed by atoms with van der Waals surface area (Å²) in [7, 11) is 1.56. The Kier molecular flexibility index (Phi) is 4.27. The monoisotopic (exact) mass is 324 g/mol. The molecule has 2 rings (SSSR count). The lowest BCUT2D eigenvalue weighted by Crippen LogP contribution is -2.02. The Balaban J connectivity index is 2.12. The van der Waals surface area contributed by atoms with Gasteiger partial charge in [0.1, 0.15) is 11.6 Å². The van der Waals surface area contributed by atoms with Crippen molar-refractivity contribution < 1.29 is 9.13 Å². The van der Waals surface area contributed by atoms with Crippen molar-refractivity contribution in [2.45, 2.75) is 6.54 Å². The second-order valence-corrected chi connectivity index (χ2v) is 4.96. The van der Waals surface area contributed by atoms with E-state index in [0.29, 0.717) is 23.5 Å². The molecule has 0 aliphatic heterocycles. The predicted molar refractivity (Wildman–Crippen MR) is 78.8 cm³/mol. The van der Waals surface area contributed by atoms with Gasteiger partial charge in [-0.2, -0.15) is 0 Å². The van der Waals surface area contributed by atoms with Gasteiger partial charge in [-0.3, -0.25) is 0 Å². The highest BCUT2D eigenvalue weighted by Gasteiger charge is 2.04. The lowest BCUT2D eigenvalue weighted by molar-refractivity contribution is 0.417. The van der Waals surface area contributed by atoms with Crippen molar-refractivity contribution in [3.8, 4) is 5.75 Å². The fraction of sp³-hybridized carbons (Fsp3) is 0.143. The largest absolute Gasteiger partial charge is 0.495 e. The maximum atomic E-state index is 13.6. The van der Waals surface area contributed by atoms with Crippen LogP contribution in [0.3, 0.4) is 0 Å². The molecule has 2 aromatic rings. The van der Waals surface area contributed by atoms with Crippen LogP contribution in [0, 0.1) is 5.82 Å². The van der Waals surface area contributed by atoms with Crippen LogP contribution in [0.2, 0.25) is 0 Å². The van der Waals surface area contributed by atoms with E-state index in [-0.39, 0.29) is 5.82 Å². The van der Waals surface area contributed by atoms with Gasteiger partial charge in [0.05, 0.1) is 12.8 Å². The number of ether oxygens (including phenoxy) is 1. The van der Waals surface area contributed by atoms with Gasteiger partial charge in [0.2, 0.25) is 0 Å². The molecule has 100 valence electrons. The lowest BCUT2D eigenvalue weighted by Gasteiger charge is -2.10. The fourth-order valence-corrected chi connectivity index (χ4v) is 2.11. The maximum absolute atomic E-state index is 13.6. The van der Waals surface area contributed by atoms with Crippen molar-refractivity contribution in [2.24, 2.45) is 0 Å². The molecule has 0 saturated carbocycles. The zero-order chi connectivity index (χ0) is 13.8. The van der Waals surface area contributed by atoms with Gasteiger partial charge in [0.25, 0.3) is 0 Å². The van der Waals surface area contributed by atoms with Gasteiger partial charge < -0.3 is 15.8 Å². The molecule has 0 heterocycles. The number of nitrogen functional groups attached to an aromatic ring is 1. The van der Waals surface area contributed by atoms with Crippen LogP contribution in [0.15, 0.2) is 40.9 Å². The molecule has 0 radical (unpaired) electrons. The Morgan fingerprint density at radius 3 is 2.79 bits per heavy atom. The average molecular weight is 325 g/mol. The van der Waals surface area contributed by atoms with Crippen LogP contribution in [-0.2, 0) is 6.54 Å². The molecule has 3 nitrogen and oxygen atoms in total. The number of anilines is 2. The summed E-state index contributed by atoms with van der Waals surface area (Å²) in [4.78, 5) is 0. The Bertz CT molecular complexity index is 590. The van der Waals surface area contributed by atoms with Gasteiger partial charge in [-0.25, -0.2) is 4.39 Å². The molecule has 0 aromatic heterocycles. The van der Waals surface area contributed by atoms with Gasteiger partial charge in [-0.05, 0) is 30.3 Å². The normalized spacial score (nSPS) is 10.3. The highest BCUT2D eigenvalue weighted by Crippen LogP contribution is 2.25. The van der Waals surface area contributed by atoms with E-state index in [1.807, 2.05) is 6.07 Å². The first-order valence-electron chi connectivity index (χ1n) is 5.71. The fourth-order valence-electron chi connectivity index (χ4n) is 1.70. The zero-order valence-corrected chi connectivity index (χ0v) is 12.0. The first-order chi connectivity index (χ1) is 9.10. The second-order valence-electron chi connectivity index (χ2n) is 4.05. The molecule has 2 aromatic carbocycles. The lowest BCUT2D eigenvalue weighted by atomic mass is 10.2. The summed E-state index contributed by atoms with van der Waals surface area (Å²) >= 11 is 3.32. The van der Waals surface area contributed by atoms with Crippen molar-refractivity contribution in [2.75, 3.05) is 18.2 Å². The molecule has 0 unspecified atom stereocenters. The van der Waals surface area contributed by atoms with E-state index in [1.54, 1.807) is 31.4 Å². The van der Waals surface area contributed by atoms with Crippen LogP contribution in [-0.4, -0.2) is 7.11 Å². The minimum Gasteiger partial charge on any atom is -0.495 e. The van der Waals surface area contributed by atoms with Crippen molar-refractivity contribution in [1.29, 1.82) is 0 Å². The van der Waals surface area contributed by atoms with Crippen LogP contribution >= 0.6 is 15.9 Å². The van der Waals surface area contributed by atoms with E-state index in [1.165, 1.54) is 6.07 Å². The third-order valence-electron chi connectivity index (χ3n) is 2.72. The first-order valence-corrected chi connectivity index (χ1v) is 6.51. The molecule has 0 atom stereocenters. The van der Waals surface area contributed by atoms with E-state index in [4.69, 9.17) is 10.5 Å². The molecule has 0 bridgehead atoms. The number of benzene rings is 2. The van der Waals surface area contributed by atoms with Gasteiger partial charge in [0, 0.05) is 28.3 Å². The summed E-state index contributed by atoms with van der Waals surface area (Å²) in [6.07, 6.45) is 0. The molecule has 0 spiro atoms. The van der Waals surface area contributed by atoms with Crippen LogP contribution in [0.1, 0.15) is 5.56 Å². The van der Waals surface area contributed by atoms with Crippen molar-refractivity contribution >= 4 is 27.3 Å². The van der Waals surface area contributed by atoms with Crippen LogP contribution in [0.5, 0.6) is 5.75 Å². The van der Waals surface area contributed by atoms with Gasteiger partial charge in [0.15, 0.2) is 0 Å². The SMILES string of the molecule is COc1cc(NCc2cc(Br)ccc2F)ccc1N. The Morgan fingerprint density at radius 1 is 1.26 bits per heavy atom. The maximum Gasteiger partial charge on any atom is 0.143 e. The van der Waals surface area contributed by atoms with Crippen LogP contribution in [0.4, 0.5) is 15.8 Å². The second kappa shape index (κ2) is 5.93. The van der Waals surface area contributed by atoms with Gasteiger partial charge in [-0.1, -0.05) is 15.9 Å². The van der Waals surface area contributed by atoms with Gasteiger partial charge in [-0.15, -0.1) is 0 Å². The molecule has 0 aliphatic carbocycles. The van der Waals surface area contributed by atoms with Crippen molar-refractivity contribution in [3.05, 3.63) is 52.3 Å². The summed E-state index contributed by atoms with van der Waals surface area (Å²) in [6, 6.07) is 10.2. The summed E-state index contributed by atoms with van der Waals surface area (Å²) in [5.41, 5.74) is 7.72. The predicted octanol–water partition coefficient (Wildman–Crippen LogP) is 3.79. The van der Waals surface area contributed by atoms with Gasteiger partial charge >= 0.3 is 0 Å². The summed E-state index contributed by atoms with van der Waals surface area (Å²) in [5, 5.41) is 3.13. The molecule has 3 N–H and O–H groups in total. The molecular formula is C14H14BrFN2O. The molecule has 0 saturated heterocycles. The molecule has 0 fully saturated rings. The number of rotatable bonds is 4. The van der Waals surface area contributed by atoms with Crippen LogP contribution < -0.4 is 15.8 Å². The molecule has 19 heavy (non-hydrogen) atoms. The third-order valence-corrected chi connectivity index (χ3v) is 3.22.